The quantitative estimate of drug-likeness (QED) is 0.775. The summed E-state index contributed by atoms with van der Waals surface area (Å²) in [7, 11) is 0. The third kappa shape index (κ3) is 2.90. The summed E-state index contributed by atoms with van der Waals surface area (Å²) in [4.78, 5) is 26.9. The van der Waals surface area contributed by atoms with Gasteiger partial charge in [-0.1, -0.05) is 0 Å². The second kappa shape index (κ2) is 5.67. The molecule has 0 aromatic carbocycles. The fraction of sp³-hybridized carbons (Fsp3) is 0.357. The summed E-state index contributed by atoms with van der Waals surface area (Å²) in [5.74, 6) is 0.676. The first-order valence-corrected chi connectivity index (χ1v) is 8.29. The number of aryl methyl sites for hydroxylation is 3. The Morgan fingerprint density at radius 1 is 1.24 bits per heavy atom. The van der Waals surface area contributed by atoms with Crippen molar-refractivity contribution in [3.05, 3.63) is 42.7 Å². The van der Waals surface area contributed by atoms with Crippen LogP contribution in [0.1, 0.15) is 26.1 Å². The minimum absolute atomic E-state index is 0.0488. The molecule has 3 aromatic rings. The van der Waals surface area contributed by atoms with E-state index < -0.39 is 0 Å². The van der Waals surface area contributed by atoms with Gasteiger partial charge >= 0.3 is 0 Å². The molecule has 5 nitrogen and oxygen atoms in total. The van der Waals surface area contributed by atoms with E-state index in [0.717, 1.165) is 32.2 Å². The largest absolute Gasteiger partial charge is 0.309 e. The molecule has 0 aliphatic rings. The van der Waals surface area contributed by atoms with Crippen molar-refractivity contribution in [3.63, 3.8) is 0 Å². The SMILES string of the molecule is Cc1ncc(CNCc2nc3sc(C)c(C)c3c(=O)[nH]2)s1. The molecule has 0 saturated heterocycles. The molecule has 3 aromatic heterocycles. The highest BCUT2D eigenvalue weighted by Gasteiger charge is 2.11. The van der Waals surface area contributed by atoms with Crippen molar-refractivity contribution in [1.29, 1.82) is 0 Å². The third-order valence-electron chi connectivity index (χ3n) is 3.35. The smallest absolute Gasteiger partial charge is 0.259 e. The predicted octanol–water partition coefficient (Wildman–Crippen LogP) is 2.66. The second-order valence-electron chi connectivity index (χ2n) is 4.93. The highest BCUT2D eigenvalue weighted by molar-refractivity contribution is 7.18. The summed E-state index contributed by atoms with van der Waals surface area (Å²) in [6.07, 6.45) is 1.87. The lowest BCUT2D eigenvalue weighted by molar-refractivity contribution is 0.669. The summed E-state index contributed by atoms with van der Waals surface area (Å²) < 4.78 is 0. The fourth-order valence-electron chi connectivity index (χ4n) is 2.17. The van der Waals surface area contributed by atoms with Gasteiger partial charge in [-0.15, -0.1) is 22.7 Å². The van der Waals surface area contributed by atoms with Gasteiger partial charge in [0.15, 0.2) is 0 Å². The van der Waals surface area contributed by atoms with Crippen LogP contribution in [0.5, 0.6) is 0 Å². The van der Waals surface area contributed by atoms with Gasteiger partial charge in [-0.2, -0.15) is 0 Å². The van der Waals surface area contributed by atoms with E-state index in [-0.39, 0.29) is 5.56 Å². The molecule has 0 aliphatic carbocycles. The Balaban J connectivity index is 1.77. The molecule has 2 N–H and O–H groups in total. The lowest BCUT2D eigenvalue weighted by Crippen LogP contribution is -2.18. The molecule has 21 heavy (non-hydrogen) atoms. The highest BCUT2D eigenvalue weighted by atomic mass is 32.1. The average Bonchev–Trinajstić information content (AvgIpc) is 2.95. The lowest BCUT2D eigenvalue weighted by atomic mass is 10.2. The number of thiophene rings is 1. The topological polar surface area (TPSA) is 70.7 Å². The van der Waals surface area contributed by atoms with E-state index in [1.54, 1.807) is 22.7 Å². The molecular formula is C14H16N4OS2. The fourth-order valence-corrected chi connectivity index (χ4v) is 3.99. The molecule has 3 rings (SSSR count). The van der Waals surface area contributed by atoms with Crippen molar-refractivity contribution in [2.45, 2.75) is 33.9 Å². The normalized spacial score (nSPS) is 11.4. The maximum absolute atomic E-state index is 12.1. The van der Waals surface area contributed by atoms with Crippen LogP contribution in [-0.2, 0) is 13.1 Å². The van der Waals surface area contributed by atoms with Crippen LogP contribution in [0, 0.1) is 20.8 Å². The van der Waals surface area contributed by atoms with Crippen LogP contribution < -0.4 is 10.9 Å². The van der Waals surface area contributed by atoms with Gasteiger partial charge in [0.05, 0.1) is 16.9 Å². The summed E-state index contributed by atoms with van der Waals surface area (Å²) >= 11 is 3.24. The van der Waals surface area contributed by atoms with Crippen molar-refractivity contribution in [2.75, 3.05) is 0 Å². The molecule has 110 valence electrons. The molecule has 7 heteroatoms. The Labute approximate surface area is 130 Å². The maximum atomic E-state index is 12.1. The standard InChI is InChI=1S/C14H16N4OS2/c1-7-8(2)20-14-12(7)13(19)17-11(18-14)6-15-4-10-5-16-9(3)21-10/h5,15H,4,6H2,1-3H3,(H,17,18,19). The Morgan fingerprint density at radius 2 is 2.05 bits per heavy atom. The van der Waals surface area contributed by atoms with E-state index in [4.69, 9.17) is 0 Å². The molecule has 0 saturated carbocycles. The van der Waals surface area contributed by atoms with Gasteiger partial charge in [-0.05, 0) is 26.3 Å². The number of H-pyrrole nitrogens is 1. The Kier molecular flexibility index (Phi) is 3.88. The lowest BCUT2D eigenvalue weighted by Gasteiger charge is -2.02. The summed E-state index contributed by atoms with van der Waals surface area (Å²) in [5, 5.41) is 5.07. The first-order chi connectivity index (χ1) is 10.0. The van der Waals surface area contributed by atoms with E-state index in [1.165, 1.54) is 4.88 Å². The zero-order chi connectivity index (χ0) is 15.0. The van der Waals surface area contributed by atoms with Crippen LogP contribution in [0.4, 0.5) is 0 Å². The number of rotatable bonds is 4. The Hall–Kier alpha value is -1.57. The van der Waals surface area contributed by atoms with E-state index in [2.05, 4.69) is 20.3 Å². The molecule has 0 unspecified atom stereocenters. The molecular weight excluding hydrogens is 304 g/mol. The number of thiazole rings is 1. The van der Waals surface area contributed by atoms with E-state index >= 15 is 0 Å². The van der Waals surface area contributed by atoms with Gasteiger partial charge in [-0.3, -0.25) is 4.79 Å². The van der Waals surface area contributed by atoms with Crippen molar-refractivity contribution in [1.82, 2.24) is 20.3 Å². The number of nitrogens with one attached hydrogen (secondary N) is 2. The summed E-state index contributed by atoms with van der Waals surface area (Å²) in [6, 6.07) is 0. The molecule has 0 aliphatic heterocycles. The monoisotopic (exact) mass is 320 g/mol. The number of nitrogens with zero attached hydrogens (tertiary/aromatic N) is 2. The van der Waals surface area contributed by atoms with Gasteiger partial charge in [0, 0.05) is 22.5 Å². The predicted molar refractivity (Wildman–Crippen MR) is 87.1 cm³/mol. The van der Waals surface area contributed by atoms with E-state index in [1.807, 2.05) is 27.0 Å². The molecule has 0 fully saturated rings. The number of aromatic amines is 1. The van der Waals surface area contributed by atoms with Crippen molar-refractivity contribution in [3.8, 4) is 0 Å². The van der Waals surface area contributed by atoms with Gasteiger partial charge in [-0.25, -0.2) is 9.97 Å². The minimum atomic E-state index is -0.0488. The number of fused-ring (bicyclic) bond motifs is 1. The van der Waals surface area contributed by atoms with Crippen LogP contribution >= 0.6 is 22.7 Å². The van der Waals surface area contributed by atoms with Gasteiger partial charge in [0.25, 0.3) is 5.56 Å². The highest BCUT2D eigenvalue weighted by Crippen LogP contribution is 2.25. The zero-order valence-electron chi connectivity index (χ0n) is 12.1. The Bertz CT molecular complexity index is 846. The second-order valence-corrected chi connectivity index (χ2v) is 7.45. The molecule has 0 spiro atoms. The van der Waals surface area contributed by atoms with E-state index in [9.17, 15) is 4.79 Å². The number of hydrogen-bond donors (Lipinski definition) is 2. The first-order valence-electron chi connectivity index (χ1n) is 6.65. The molecule has 0 bridgehead atoms. The summed E-state index contributed by atoms with van der Waals surface area (Å²) in [6.45, 7) is 7.25. The zero-order valence-corrected chi connectivity index (χ0v) is 13.7. The summed E-state index contributed by atoms with van der Waals surface area (Å²) in [5.41, 5.74) is 0.982. The van der Waals surface area contributed by atoms with Crippen LogP contribution in [0.3, 0.4) is 0 Å². The van der Waals surface area contributed by atoms with E-state index in [0.29, 0.717) is 12.4 Å². The van der Waals surface area contributed by atoms with Crippen LogP contribution in [0.2, 0.25) is 0 Å². The van der Waals surface area contributed by atoms with Gasteiger partial charge in [0.1, 0.15) is 10.7 Å². The maximum Gasteiger partial charge on any atom is 0.259 e. The molecule has 0 radical (unpaired) electrons. The third-order valence-corrected chi connectivity index (χ3v) is 5.36. The van der Waals surface area contributed by atoms with Crippen LogP contribution in [0.15, 0.2) is 11.0 Å². The molecule has 3 heterocycles. The molecule has 0 amide bonds. The first kappa shape index (κ1) is 14.4. The van der Waals surface area contributed by atoms with Gasteiger partial charge < -0.3 is 10.3 Å². The van der Waals surface area contributed by atoms with Gasteiger partial charge in [0.2, 0.25) is 0 Å². The minimum Gasteiger partial charge on any atom is -0.309 e. The van der Waals surface area contributed by atoms with Crippen molar-refractivity contribution >= 4 is 32.9 Å². The van der Waals surface area contributed by atoms with Crippen molar-refractivity contribution < 1.29 is 0 Å². The van der Waals surface area contributed by atoms with Crippen molar-refractivity contribution in [2.24, 2.45) is 0 Å². The van der Waals surface area contributed by atoms with Crippen LogP contribution in [0.25, 0.3) is 10.2 Å². The van der Waals surface area contributed by atoms with Crippen LogP contribution in [-0.4, -0.2) is 15.0 Å². The molecule has 0 atom stereocenters. The number of hydrogen-bond acceptors (Lipinski definition) is 6. The Morgan fingerprint density at radius 3 is 2.76 bits per heavy atom. The average molecular weight is 320 g/mol. The number of aromatic nitrogens is 3.